The maximum Gasteiger partial charge on any atom is 0.160 e. The molecule has 6 heteroatoms. The number of hydrogen-bond acceptors (Lipinski definition) is 5. The minimum atomic E-state index is -0.202. The average molecular weight is 365 g/mol. The molecule has 1 aliphatic carbocycles. The molecule has 0 amide bonds. The Kier molecular flexibility index (Phi) is 5.63. The molecule has 1 saturated carbocycles. The largest absolute Gasteiger partial charge is 0.393 e. The summed E-state index contributed by atoms with van der Waals surface area (Å²) in [5.41, 5.74) is 2.07. The highest BCUT2D eigenvalue weighted by molar-refractivity contribution is 5.85. The number of aryl methyl sites for hydroxylation is 1. The van der Waals surface area contributed by atoms with Crippen LogP contribution >= 0.6 is 0 Å². The minimum absolute atomic E-state index is 0.202. The molecule has 3 aromatic rings. The van der Waals surface area contributed by atoms with Crippen LogP contribution in [-0.4, -0.2) is 37.4 Å². The van der Waals surface area contributed by atoms with Crippen LogP contribution in [0.1, 0.15) is 44.1 Å². The van der Waals surface area contributed by atoms with E-state index in [1.165, 1.54) is 5.56 Å². The molecular weight excluding hydrogens is 338 g/mol. The second-order valence-electron chi connectivity index (χ2n) is 7.63. The van der Waals surface area contributed by atoms with Crippen LogP contribution in [0.4, 0.5) is 5.82 Å². The lowest BCUT2D eigenvalue weighted by atomic mass is 9.82. The number of benzene rings is 1. The number of fused-ring (bicyclic) bond motifs is 1. The van der Waals surface area contributed by atoms with Crippen molar-refractivity contribution in [2.45, 2.75) is 57.1 Å². The molecule has 27 heavy (non-hydrogen) atoms. The van der Waals surface area contributed by atoms with Crippen LogP contribution in [0.5, 0.6) is 0 Å². The molecule has 142 valence electrons. The fourth-order valence-corrected chi connectivity index (χ4v) is 4.10. The van der Waals surface area contributed by atoms with Crippen LogP contribution in [0.3, 0.4) is 0 Å². The Labute approximate surface area is 159 Å². The zero-order valence-electron chi connectivity index (χ0n) is 15.5. The van der Waals surface area contributed by atoms with Crippen molar-refractivity contribution in [3.63, 3.8) is 0 Å². The Morgan fingerprint density at radius 1 is 1.11 bits per heavy atom. The highest BCUT2D eigenvalue weighted by Gasteiger charge is 2.24. The smallest absolute Gasteiger partial charge is 0.160 e. The monoisotopic (exact) mass is 365 g/mol. The number of nitrogens with one attached hydrogen (secondary N) is 2. The number of rotatable bonds is 7. The lowest BCUT2D eigenvalue weighted by Gasteiger charge is -2.30. The molecule has 1 fully saturated rings. The molecular formula is C21H27N5O. The molecule has 0 saturated heterocycles. The molecule has 1 aliphatic rings. The molecule has 2 aromatic heterocycles. The number of aliphatic hydroxyl groups excluding tert-OH is 1. The number of hydrogen-bond donors (Lipinski definition) is 3. The van der Waals surface area contributed by atoms with Gasteiger partial charge in [0.05, 0.1) is 17.7 Å². The fraction of sp³-hybridized carbons (Fsp3) is 0.476. The van der Waals surface area contributed by atoms with Gasteiger partial charge >= 0.3 is 0 Å². The summed E-state index contributed by atoms with van der Waals surface area (Å²) in [4.78, 5) is 8.55. The number of aliphatic hydroxyl groups is 1. The van der Waals surface area contributed by atoms with E-state index in [1.54, 1.807) is 12.5 Å². The van der Waals surface area contributed by atoms with Gasteiger partial charge in [0.2, 0.25) is 0 Å². The molecule has 0 bridgehead atoms. The third-order valence-electron chi connectivity index (χ3n) is 5.65. The highest BCUT2D eigenvalue weighted by Crippen LogP contribution is 2.31. The quantitative estimate of drug-likeness (QED) is 0.594. The van der Waals surface area contributed by atoms with Crippen molar-refractivity contribution in [3.8, 4) is 0 Å². The zero-order chi connectivity index (χ0) is 18.5. The predicted octanol–water partition coefficient (Wildman–Crippen LogP) is 3.71. The molecule has 2 heterocycles. The first-order valence-electron chi connectivity index (χ1n) is 9.90. The molecule has 0 aliphatic heterocycles. The van der Waals surface area contributed by atoms with Crippen LogP contribution in [0, 0.1) is 5.92 Å². The van der Waals surface area contributed by atoms with Gasteiger partial charge in [-0.3, -0.25) is 5.10 Å². The summed E-state index contributed by atoms with van der Waals surface area (Å²) in [5, 5.41) is 21.8. The van der Waals surface area contributed by atoms with Crippen molar-refractivity contribution < 1.29 is 5.11 Å². The van der Waals surface area contributed by atoms with Gasteiger partial charge < -0.3 is 10.4 Å². The predicted molar refractivity (Wildman–Crippen MR) is 106 cm³/mol. The van der Waals surface area contributed by atoms with Crippen LogP contribution in [0.25, 0.3) is 11.0 Å². The Morgan fingerprint density at radius 2 is 1.93 bits per heavy atom. The van der Waals surface area contributed by atoms with Gasteiger partial charge in [-0.15, -0.1) is 0 Å². The topological polar surface area (TPSA) is 86.7 Å². The van der Waals surface area contributed by atoms with E-state index in [4.69, 9.17) is 0 Å². The van der Waals surface area contributed by atoms with E-state index in [9.17, 15) is 5.11 Å². The molecule has 4 rings (SSSR count). The second-order valence-corrected chi connectivity index (χ2v) is 7.63. The van der Waals surface area contributed by atoms with Crippen molar-refractivity contribution in [1.82, 2.24) is 20.2 Å². The second kappa shape index (κ2) is 8.48. The first-order valence-corrected chi connectivity index (χ1v) is 9.90. The molecule has 0 radical (unpaired) electrons. The first-order chi connectivity index (χ1) is 13.3. The summed E-state index contributed by atoms with van der Waals surface area (Å²) >= 11 is 0. The molecule has 3 N–H and O–H groups in total. The van der Waals surface area contributed by atoms with Crippen molar-refractivity contribution in [2.75, 3.05) is 5.32 Å². The van der Waals surface area contributed by atoms with E-state index in [-0.39, 0.29) is 6.10 Å². The summed E-state index contributed by atoms with van der Waals surface area (Å²) in [6.45, 7) is 0. The van der Waals surface area contributed by atoms with E-state index in [0.29, 0.717) is 12.0 Å². The molecule has 0 spiro atoms. The van der Waals surface area contributed by atoms with Crippen LogP contribution in [0.15, 0.2) is 42.9 Å². The van der Waals surface area contributed by atoms with Crippen molar-refractivity contribution >= 4 is 16.9 Å². The number of H-pyrrole nitrogens is 1. The third kappa shape index (κ3) is 4.63. The number of aromatic nitrogens is 4. The minimum Gasteiger partial charge on any atom is -0.393 e. The Hall–Kier alpha value is -2.47. The summed E-state index contributed by atoms with van der Waals surface area (Å²) in [5.74, 6) is 1.48. The van der Waals surface area contributed by atoms with Crippen LogP contribution in [0.2, 0.25) is 0 Å². The van der Waals surface area contributed by atoms with E-state index in [2.05, 4.69) is 49.7 Å². The molecule has 6 nitrogen and oxygen atoms in total. The van der Waals surface area contributed by atoms with Gasteiger partial charge in [0.15, 0.2) is 5.65 Å². The number of aromatic amines is 1. The average Bonchev–Trinajstić information content (AvgIpc) is 3.19. The van der Waals surface area contributed by atoms with Crippen molar-refractivity contribution in [3.05, 3.63) is 48.4 Å². The number of nitrogens with zero attached hydrogens (tertiary/aromatic N) is 3. The number of anilines is 1. The fourth-order valence-electron chi connectivity index (χ4n) is 4.10. The summed E-state index contributed by atoms with van der Waals surface area (Å²) in [6.07, 6.45) is 10.4. The van der Waals surface area contributed by atoms with Gasteiger partial charge in [0.1, 0.15) is 12.1 Å². The van der Waals surface area contributed by atoms with Gasteiger partial charge in [0.25, 0.3) is 0 Å². The standard InChI is InChI=1S/C21H27N5O/c27-18(11-8-15-4-2-1-3-5-15)12-16-6-9-17(10-7-16)25-20-19-13-24-26-21(19)23-14-22-20/h1-5,13-14,16-18,27H,6-12H2,(H2,22,23,24,25,26)/t16-,17+,18?. The van der Waals surface area contributed by atoms with Gasteiger partial charge in [-0.1, -0.05) is 30.3 Å². The maximum absolute atomic E-state index is 10.4. The Bertz CT molecular complexity index is 842. The SMILES string of the molecule is OC(CCc1ccccc1)C[C@H]1CC[C@@H](Nc2ncnc3[nH]ncc23)CC1. The van der Waals surface area contributed by atoms with Gasteiger partial charge in [0, 0.05) is 6.04 Å². The highest BCUT2D eigenvalue weighted by atomic mass is 16.3. The summed E-state index contributed by atoms with van der Waals surface area (Å²) in [7, 11) is 0. The lowest BCUT2D eigenvalue weighted by molar-refractivity contribution is 0.121. The van der Waals surface area contributed by atoms with Gasteiger partial charge in [-0.25, -0.2) is 9.97 Å². The lowest BCUT2D eigenvalue weighted by Crippen LogP contribution is -2.28. The molecule has 1 atom stereocenters. The van der Waals surface area contributed by atoms with Gasteiger partial charge in [-0.05, 0) is 56.4 Å². The van der Waals surface area contributed by atoms with E-state index >= 15 is 0 Å². The van der Waals surface area contributed by atoms with Crippen molar-refractivity contribution in [1.29, 1.82) is 0 Å². The normalized spacial score (nSPS) is 21.2. The van der Waals surface area contributed by atoms with Gasteiger partial charge in [-0.2, -0.15) is 5.10 Å². The first kappa shape index (κ1) is 17.9. The Morgan fingerprint density at radius 3 is 2.74 bits per heavy atom. The maximum atomic E-state index is 10.4. The van der Waals surface area contributed by atoms with Crippen molar-refractivity contribution in [2.24, 2.45) is 5.92 Å². The summed E-state index contributed by atoms with van der Waals surface area (Å²) in [6, 6.07) is 10.8. The van der Waals surface area contributed by atoms with Crippen LogP contribution in [-0.2, 0) is 6.42 Å². The van der Waals surface area contributed by atoms with Crippen LogP contribution < -0.4 is 5.32 Å². The Balaban J connectivity index is 1.22. The van der Waals surface area contributed by atoms with E-state index in [1.807, 2.05) is 6.07 Å². The third-order valence-corrected chi connectivity index (χ3v) is 5.65. The summed E-state index contributed by atoms with van der Waals surface area (Å²) < 4.78 is 0. The molecule has 1 unspecified atom stereocenters. The zero-order valence-corrected chi connectivity index (χ0v) is 15.5. The van der Waals surface area contributed by atoms with E-state index in [0.717, 1.165) is 61.8 Å². The van der Waals surface area contributed by atoms with E-state index < -0.39 is 0 Å². The molecule has 1 aromatic carbocycles.